The van der Waals surface area contributed by atoms with Crippen molar-refractivity contribution in [2.75, 3.05) is 0 Å². The lowest BCUT2D eigenvalue weighted by Crippen LogP contribution is -2.28. The number of aliphatic hydroxyl groups excluding tert-OH is 1. The van der Waals surface area contributed by atoms with Crippen LogP contribution in [0.1, 0.15) is 36.0 Å². The first-order valence-electron chi connectivity index (χ1n) is 7.69. The lowest BCUT2D eigenvalue weighted by Gasteiger charge is -2.11. The number of hydrogen-bond acceptors (Lipinski definition) is 5. The molecule has 2 aromatic rings. The molecule has 23 heavy (non-hydrogen) atoms. The van der Waals surface area contributed by atoms with Crippen molar-refractivity contribution in [2.24, 2.45) is 11.5 Å². The maximum Gasteiger partial charge on any atom is 0.225 e. The van der Waals surface area contributed by atoms with Gasteiger partial charge in [-0.2, -0.15) is 5.10 Å². The highest BCUT2D eigenvalue weighted by atomic mass is 16.3. The highest BCUT2D eigenvalue weighted by Gasteiger charge is 2.34. The van der Waals surface area contributed by atoms with Crippen LogP contribution in [0.2, 0.25) is 0 Å². The average molecular weight is 315 g/mol. The number of aromatic nitrogens is 3. The molecule has 1 saturated carbocycles. The fourth-order valence-corrected chi connectivity index (χ4v) is 3.07. The molecule has 1 aliphatic carbocycles. The second-order valence-corrected chi connectivity index (χ2v) is 6.18. The van der Waals surface area contributed by atoms with Gasteiger partial charge in [0.25, 0.3) is 0 Å². The van der Waals surface area contributed by atoms with Gasteiger partial charge in [-0.3, -0.25) is 4.79 Å². The molecule has 0 saturated heterocycles. The zero-order valence-corrected chi connectivity index (χ0v) is 13.0. The summed E-state index contributed by atoms with van der Waals surface area (Å²) in [5.41, 5.74) is 13.2. The van der Waals surface area contributed by atoms with Gasteiger partial charge in [0.1, 0.15) is 5.82 Å². The van der Waals surface area contributed by atoms with Gasteiger partial charge in [0, 0.05) is 12.0 Å². The van der Waals surface area contributed by atoms with Gasteiger partial charge in [0.2, 0.25) is 5.91 Å². The Balaban J connectivity index is 2.02. The normalized spacial score (nSPS) is 24.0. The van der Waals surface area contributed by atoms with Gasteiger partial charge in [-0.1, -0.05) is 12.1 Å². The predicted molar refractivity (Wildman–Crippen MR) is 85.0 cm³/mol. The van der Waals surface area contributed by atoms with E-state index < -0.39 is 12.0 Å². The van der Waals surface area contributed by atoms with Crippen LogP contribution in [0.5, 0.6) is 0 Å². The molecule has 1 heterocycles. The van der Waals surface area contributed by atoms with Crippen molar-refractivity contribution in [3.63, 3.8) is 0 Å². The second-order valence-electron chi connectivity index (χ2n) is 6.18. The third kappa shape index (κ3) is 3.25. The van der Waals surface area contributed by atoms with E-state index in [2.05, 4.69) is 10.1 Å². The quantitative estimate of drug-likeness (QED) is 0.743. The summed E-state index contributed by atoms with van der Waals surface area (Å²) in [5.74, 6) is 0.651. The Morgan fingerprint density at radius 1 is 1.43 bits per heavy atom. The minimum Gasteiger partial charge on any atom is -0.391 e. The van der Waals surface area contributed by atoms with Crippen molar-refractivity contribution in [3.8, 4) is 5.69 Å². The summed E-state index contributed by atoms with van der Waals surface area (Å²) in [6.07, 6.45) is 0.638. The predicted octanol–water partition coefficient (Wildman–Crippen LogP) is 0.169. The highest BCUT2D eigenvalue weighted by Crippen LogP contribution is 2.34. The third-order valence-electron chi connectivity index (χ3n) is 4.20. The Morgan fingerprint density at radius 2 is 2.22 bits per heavy atom. The van der Waals surface area contributed by atoms with E-state index in [0.29, 0.717) is 18.7 Å². The molecule has 1 amide bonds. The summed E-state index contributed by atoms with van der Waals surface area (Å²) in [7, 11) is 0. The summed E-state index contributed by atoms with van der Waals surface area (Å²) in [6.45, 7) is 2.00. The van der Waals surface area contributed by atoms with Crippen LogP contribution in [0.4, 0.5) is 0 Å². The van der Waals surface area contributed by atoms with Gasteiger partial charge < -0.3 is 16.6 Å². The highest BCUT2D eigenvalue weighted by molar-refractivity contribution is 5.75. The molecule has 7 nitrogen and oxygen atoms in total. The first-order chi connectivity index (χ1) is 10.9. The zero-order valence-electron chi connectivity index (χ0n) is 13.0. The SMILES string of the molecule is Cc1cccc(-n2nc(CC(N)=O)nc2[C@H]2C[C@H](N)[C@@H](O)C2)c1. The molecule has 0 unspecified atom stereocenters. The van der Waals surface area contributed by atoms with Crippen LogP contribution in [0, 0.1) is 6.92 Å². The number of amides is 1. The molecule has 3 atom stereocenters. The molecular formula is C16H21N5O2. The molecule has 1 aliphatic rings. The van der Waals surface area contributed by atoms with Gasteiger partial charge in [0.15, 0.2) is 5.82 Å². The molecule has 0 aliphatic heterocycles. The minimum absolute atomic E-state index is 0.00680. The smallest absolute Gasteiger partial charge is 0.225 e. The molecule has 1 aromatic heterocycles. The summed E-state index contributed by atoms with van der Waals surface area (Å²) >= 11 is 0. The Labute approximate surface area is 134 Å². The number of rotatable bonds is 4. The van der Waals surface area contributed by atoms with Crippen molar-refractivity contribution in [2.45, 2.75) is 44.2 Å². The lowest BCUT2D eigenvalue weighted by atomic mass is 10.1. The van der Waals surface area contributed by atoms with E-state index in [-0.39, 0.29) is 18.4 Å². The number of nitrogens with two attached hydrogens (primary N) is 2. The Hall–Kier alpha value is -2.25. The number of aryl methyl sites for hydroxylation is 1. The topological polar surface area (TPSA) is 120 Å². The first-order valence-corrected chi connectivity index (χ1v) is 7.69. The van der Waals surface area contributed by atoms with Crippen LogP contribution in [0.25, 0.3) is 5.69 Å². The van der Waals surface area contributed by atoms with Gasteiger partial charge in [-0.05, 0) is 37.5 Å². The summed E-state index contributed by atoms with van der Waals surface area (Å²) in [5, 5.41) is 14.4. The van der Waals surface area contributed by atoms with Crippen molar-refractivity contribution < 1.29 is 9.90 Å². The van der Waals surface area contributed by atoms with Gasteiger partial charge in [-0.15, -0.1) is 0 Å². The molecule has 0 radical (unpaired) electrons. The molecule has 122 valence electrons. The monoisotopic (exact) mass is 315 g/mol. The summed E-state index contributed by atoms with van der Waals surface area (Å²) in [4.78, 5) is 15.7. The van der Waals surface area contributed by atoms with E-state index in [4.69, 9.17) is 11.5 Å². The third-order valence-corrected chi connectivity index (χ3v) is 4.20. The van der Waals surface area contributed by atoms with E-state index >= 15 is 0 Å². The van der Waals surface area contributed by atoms with Crippen molar-refractivity contribution in [1.82, 2.24) is 14.8 Å². The largest absolute Gasteiger partial charge is 0.391 e. The molecule has 1 aromatic carbocycles. The fraction of sp³-hybridized carbons (Fsp3) is 0.438. The van der Waals surface area contributed by atoms with E-state index in [1.165, 1.54) is 0 Å². The molecule has 3 rings (SSSR count). The van der Waals surface area contributed by atoms with Crippen LogP contribution in [0.15, 0.2) is 24.3 Å². The Morgan fingerprint density at radius 3 is 2.83 bits per heavy atom. The molecular weight excluding hydrogens is 294 g/mol. The molecule has 7 heteroatoms. The molecule has 5 N–H and O–H groups in total. The van der Waals surface area contributed by atoms with Gasteiger partial charge in [0.05, 0.1) is 18.2 Å². The first kappa shape index (κ1) is 15.6. The Kier molecular flexibility index (Phi) is 4.14. The lowest BCUT2D eigenvalue weighted by molar-refractivity contribution is -0.117. The fourth-order valence-electron chi connectivity index (χ4n) is 3.07. The summed E-state index contributed by atoms with van der Waals surface area (Å²) in [6, 6.07) is 7.61. The van der Waals surface area contributed by atoms with Gasteiger partial charge in [-0.25, -0.2) is 9.67 Å². The van der Waals surface area contributed by atoms with E-state index in [9.17, 15) is 9.90 Å². The number of aliphatic hydroxyl groups is 1. The number of benzene rings is 1. The van der Waals surface area contributed by atoms with Crippen LogP contribution in [0.3, 0.4) is 0 Å². The average Bonchev–Trinajstić information content (AvgIpc) is 3.03. The number of primary amides is 1. The van der Waals surface area contributed by atoms with Crippen molar-refractivity contribution in [1.29, 1.82) is 0 Å². The van der Waals surface area contributed by atoms with Crippen molar-refractivity contribution in [3.05, 3.63) is 41.5 Å². The van der Waals surface area contributed by atoms with Crippen LogP contribution in [-0.2, 0) is 11.2 Å². The second kappa shape index (κ2) is 6.10. The van der Waals surface area contributed by atoms with E-state index in [1.807, 2.05) is 31.2 Å². The number of carbonyl (C=O) groups excluding carboxylic acids is 1. The number of hydrogen-bond donors (Lipinski definition) is 3. The van der Waals surface area contributed by atoms with E-state index in [1.54, 1.807) is 4.68 Å². The molecule has 0 spiro atoms. The van der Waals surface area contributed by atoms with E-state index in [0.717, 1.165) is 17.1 Å². The Bertz CT molecular complexity index is 717. The maximum absolute atomic E-state index is 11.2. The standard InChI is InChI=1S/C16H21N5O2/c1-9-3-2-4-11(5-9)21-16(10-6-12(17)13(22)7-10)19-15(20-21)8-14(18)23/h2-5,10,12-13,22H,6-8,17H2,1H3,(H2,18,23)/t10-,12-,13-/m0/s1. The van der Waals surface area contributed by atoms with Crippen LogP contribution < -0.4 is 11.5 Å². The molecule has 0 bridgehead atoms. The minimum atomic E-state index is -0.540. The van der Waals surface area contributed by atoms with Crippen molar-refractivity contribution >= 4 is 5.91 Å². The van der Waals surface area contributed by atoms with Crippen LogP contribution >= 0.6 is 0 Å². The number of nitrogens with zero attached hydrogens (tertiary/aromatic N) is 3. The molecule has 1 fully saturated rings. The van der Waals surface area contributed by atoms with Gasteiger partial charge >= 0.3 is 0 Å². The van der Waals surface area contributed by atoms with Crippen LogP contribution in [-0.4, -0.2) is 37.9 Å². The number of carbonyl (C=O) groups is 1. The maximum atomic E-state index is 11.2. The summed E-state index contributed by atoms with van der Waals surface area (Å²) < 4.78 is 1.74. The zero-order chi connectivity index (χ0) is 16.6.